The minimum atomic E-state index is 0.682. The average molecular weight is 224 g/mol. The second kappa shape index (κ2) is 5.81. The molecule has 1 rings (SSSR count). The van der Waals surface area contributed by atoms with Gasteiger partial charge in [0.25, 0.3) is 0 Å². The molecule has 0 radical (unpaired) electrons. The molecule has 1 aromatic carbocycles. The molecule has 86 valence electrons. The molecule has 0 aliphatic heterocycles. The molecule has 0 unspecified atom stereocenters. The zero-order valence-electron chi connectivity index (χ0n) is 10.5. The van der Waals surface area contributed by atoms with Crippen LogP contribution in [0.1, 0.15) is 30.5 Å². The summed E-state index contributed by atoms with van der Waals surface area (Å²) in [6.45, 7) is 9.49. The SMILES string of the molecule is C=C(C)N=C(/C=C\C)c1ccc(C)c(C#N)c1. The van der Waals surface area contributed by atoms with E-state index in [1.807, 2.05) is 51.1 Å². The van der Waals surface area contributed by atoms with Gasteiger partial charge >= 0.3 is 0 Å². The Hall–Kier alpha value is -2.14. The van der Waals surface area contributed by atoms with Crippen molar-refractivity contribution in [2.45, 2.75) is 20.8 Å². The Morgan fingerprint density at radius 3 is 2.71 bits per heavy atom. The van der Waals surface area contributed by atoms with Gasteiger partial charge in [0, 0.05) is 11.3 Å². The molecule has 0 saturated carbocycles. The third kappa shape index (κ3) is 3.42. The number of nitrogens with zero attached hydrogens (tertiary/aromatic N) is 2. The lowest BCUT2D eigenvalue weighted by Crippen LogP contribution is -1.98. The number of allylic oxidation sites excluding steroid dienone is 3. The molecular formula is C15H16N2. The lowest BCUT2D eigenvalue weighted by Gasteiger charge is -2.04. The number of hydrogen-bond acceptors (Lipinski definition) is 2. The monoisotopic (exact) mass is 224 g/mol. The van der Waals surface area contributed by atoms with Crippen LogP contribution in [0.4, 0.5) is 0 Å². The van der Waals surface area contributed by atoms with Crippen LogP contribution in [0.3, 0.4) is 0 Å². The fourth-order valence-electron chi connectivity index (χ4n) is 1.46. The summed E-state index contributed by atoms with van der Waals surface area (Å²) in [4.78, 5) is 4.37. The van der Waals surface area contributed by atoms with Crippen molar-refractivity contribution in [2.24, 2.45) is 4.99 Å². The highest BCUT2D eigenvalue weighted by Gasteiger charge is 2.03. The molecule has 2 nitrogen and oxygen atoms in total. The molecule has 0 aromatic heterocycles. The van der Waals surface area contributed by atoms with Gasteiger partial charge in [-0.2, -0.15) is 5.26 Å². The van der Waals surface area contributed by atoms with E-state index in [0.717, 1.165) is 22.5 Å². The second-order valence-electron chi connectivity index (χ2n) is 3.87. The van der Waals surface area contributed by atoms with E-state index in [4.69, 9.17) is 5.26 Å². The van der Waals surface area contributed by atoms with Crippen molar-refractivity contribution < 1.29 is 0 Å². The van der Waals surface area contributed by atoms with Crippen LogP contribution in [0.5, 0.6) is 0 Å². The first-order valence-electron chi connectivity index (χ1n) is 5.46. The van der Waals surface area contributed by atoms with Crippen LogP contribution in [0, 0.1) is 18.3 Å². The van der Waals surface area contributed by atoms with E-state index in [9.17, 15) is 0 Å². The number of aryl methyl sites for hydroxylation is 1. The zero-order chi connectivity index (χ0) is 12.8. The summed E-state index contributed by atoms with van der Waals surface area (Å²) in [5.41, 5.74) is 4.18. The normalized spacial score (nSPS) is 11.5. The van der Waals surface area contributed by atoms with Gasteiger partial charge < -0.3 is 0 Å². The fraction of sp³-hybridized carbons (Fsp3) is 0.200. The van der Waals surface area contributed by atoms with E-state index in [0.29, 0.717) is 5.56 Å². The maximum atomic E-state index is 9.01. The molecule has 17 heavy (non-hydrogen) atoms. The molecule has 0 aliphatic rings. The lowest BCUT2D eigenvalue weighted by molar-refractivity contribution is 1.32. The number of benzene rings is 1. The summed E-state index contributed by atoms with van der Waals surface area (Å²) in [6.07, 6.45) is 3.84. The Labute approximate surface area is 103 Å². The van der Waals surface area contributed by atoms with E-state index in [2.05, 4.69) is 17.6 Å². The van der Waals surface area contributed by atoms with Crippen LogP contribution in [-0.2, 0) is 0 Å². The number of hydrogen-bond donors (Lipinski definition) is 0. The first-order valence-corrected chi connectivity index (χ1v) is 5.46. The standard InChI is InChI=1S/C15H16N2/c1-5-6-15(17-11(2)3)13-8-7-12(4)14(9-13)10-16/h5-9H,2H2,1,3-4H3/b6-5-,17-15?. The van der Waals surface area contributed by atoms with Crippen molar-refractivity contribution in [2.75, 3.05) is 0 Å². The first-order chi connectivity index (χ1) is 8.08. The van der Waals surface area contributed by atoms with Gasteiger partial charge in [-0.05, 0) is 38.5 Å². The lowest BCUT2D eigenvalue weighted by atomic mass is 10.0. The van der Waals surface area contributed by atoms with E-state index in [-0.39, 0.29) is 0 Å². The highest BCUT2D eigenvalue weighted by atomic mass is 14.7. The number of rotatable bonds is 3. The van der Waals surface area contributed by atoms with Gasteiger partial charge in [0.1, 0.15) is 0 Å². The summed E-state index contributed by atoms with van der Waals surface area (Å²) in [6, 6.07) is 7.95. The van der Waals surface area contributed by atoms with Crippen molar-refractivity contribution in [1.82, 2.24) is 0 Å². The minimum absolute atomic E-state index is 0.682. The third-order valence-electron chi connectivity index (χ3n) is 2.29. The molecular weight excluding hydrogens is 208 g/mol. The molecule has 0 amide bonds. The molecule has 2 heteroatoms. The average Bonchev–Trinajstić information content (AvgIpc) is 2.28. The quantitative estimate of drug-likeness (QED) is 0.720. The van der Waals surface area contributed by atoms with Gasteiger partial charge in [-0.15, -0.1) is 0 Å². The van der Waals surface area contributed by atoms with E-state index in [1.54, 1.807) is 0 Å². The largest absolute Gasteiger partial charge is 0.254 e. The molecule has 0 aliphatic carbocycles. The fourth-order valence-corrected chi connectivity index (χ4v) is 1.46. The maximum Gasteiger partial charge on any atom is 0.0994 e. The van der Waals surface area contributed by atoms with Crippen molar-refractivity contribution in [1.29, 1.82) is 5.26 Å². The summed E-state index contributed by atoms with van der Waals surface area (Å²) in [5, 5.41) is 9.01. The van der Waals surface area contributed by atoms with Crippen LogP contribution in [0.15, 0.2) is 47.6 Å². The second-order valence-corrected chi connectivity index (χ2v) is 3.87. The van der Waals surface area contributed by atoms with Gasteiger partial charge in [0.05, 0.1) is 17.3 Å². The van der Waals surface area contributed by atoms with Gasteiger partial charge in [-0.3, -0.25) is 4.99 Å². The minimum Gasteiger partial charge on any atom is -0.254 e. The van der Waals surface area contributed by atoms with E-state index >= 15 is 0 Å². The van der Waals surface area contributed by atoms with Crippen molar-refractivity contribution in [3.8, 4) is 6.07 Å². The molecule has 0 atom stereocenters. The number of aliphatic imine (C=N–C) groups is 1. The van der Waals surface area contributed by atoms with Crippen LogP contribution in [0.2, 0.25) is 0 Å². The Morgan fingerprint density at radius 1 is 1.47 bits per heavy atom. The van der Waals surface area contributed by atoms with Crippen LogP contribution >= 0.6 is 0 Å². The molecule has 0 bridgehead atoms. The maximum absolute atomic E-state index is 9.01. The van der Waals surface area contributed by atoms with E-state index < -0.39 is 0 Å². The van der Waals surface area contributed by atoms with Gasteiger partial charge in [-0.1, -0.05) is 24.8 Å². The highest BCUT2D eigenvalue weighted by Crippen LogP contribution is 2.12. The first kappa shape index (κ1) is 12.9. The van der Waals surface area contributed by atoms with Crippen molar-refractivity contribution >= 4 is 5.71 Å². The highest BCUT2D eigenvalue weighted by molar-refractivity contribution is 6.09. The van der Waals surface area contributed by atoms with Gasteiger partial charge in [0.15, 0.2) is 0 Å². The summed E-state index contributed by atoms with van der Waals surface area (Å²) >= 11 is 0. The molecule has 0 spiro atoms. The Bertz CT molecular complexity index is 528. The predicted octanol–water partition coefficient (Wildman–Crippen LogP) is 3.77. The predicted molar refractivity (Wildman–Crippen MR) is 72.1 cm³/mol. The van der Waals surface area contributed by atoms with Crippen molar-refractivity contribution in [3.05, 3.63) is 59.3 Å². The summed E-state index contributed by atoms with van der Waals surface area (Å²) in [7, 11) is 0. The molecule has 0 heterocycles. The summed E-state index contributed by atoms with van der Waals surface area (Å²) in [5.74, 6) is 0. The Morgan fingerprint density at radius 2 is 2.18 bits per heavy atom. The number of nitriles is 1. The smallest absolute Gasteiger partial charge is 0.0994 e. The zero-order valence-corrected chi connectivity index (χ0v) is 10.5. The van der Waals surface area contributed by atoms with Gasteiger partial charge in [0.2, 0.25) is 0 Å². The Balaban J connectivity index is 3.30. The summed E-state index contributed by atoms with van der Waals surface area (Å²) < 4.78 is 0. The van der Waals surface area contributed by atoms with Crippen LogP contribution in [0.25, 0.3) is 0 Å². The molecule has 0 N–H and O–H groups in total. The topological polar surface area (TPSA) is 36.1 Å². The Kier molecular flexibility index (Phi) is 4.42. The molecule has 0 saturated heterocycles. The molecule has 0 fully saturated rings. The van der Waals surface area contributed by atoms with Crippen LogP contribution < -0.4 is 0 Å². The van der Waals surface area contributed by atoms with Gasteiger partial charge in [-0.25, -0.2) is 0 Å². The van der Waals surface area contributed by atoms with Crippen molar-refractivity contribution in [3.63, 3.8) is 0 Å². The van der Waals surface area contributed by atoms with E-state index in [1.165, 1.54) is 0 Å². The third-order valence-corrected chi connectivity index (χ3v) is 2.29. The van der Waals surface area contributed by atoms with Crippen LogP contribution in [-0.4, -0.2) is 5.71 Å². The molecule has 1 aromatic rings.